The quantitative estimate of drug-likeness (QED) is 0.670. The predicted octanol–water partition coefficient (Wildman–Crippen LogP) is 2.44. The number of hydrogen-bond donors (Lipinski definition) is 1. The van der Waals surface area contributed by atoms with Crippen LogP contribution in [0.3, 0.4) is 0 Å². The van der Waals surface area contributed by atoms with Crippen LogP contribution in [0.25, 0.3) is 0 Å². The van der Waals surface area contributed by atoms with E-state index in [2.05, 4.69) is 0 Å². The SMILES string of the molecule is Cc1c(C)c(O)c(C)c(C=O)c1C. The summed E-state index contributed by atoms with van der Waals surface area (Å²) in [5, 5.41) is 9.66. The van der Waals surface area contributed by atoms with E-state index in [4.69, 9.17) is 0 Å². The molecule has 13 heavy (non-hydrogen) atoms. The van der Waals surface area contributed by atoms with Crippen molar-refractivity contribution in [2.24, 2.45) is 0 Å². The monoisotopic (exact) mass is 178 g/mol. The van der Waals surface area contributed by atoms with E-state index < -0.39 is 0 Å². The van der Waals surface area contributed by atoms with Crippen LogP contribution in [0, 0.1) is 27.7 Å². The van der Waals surface area contributed by atoms with Crippen molar-refractivity contribution in [1.29, 1.82) is 0 Å². The van der Waals surface area contributed by atoms with Gasteiger partial charge in [-0.3, -0.25) is 4.79 Å². The van der Waals surface area contributed by atoms with Crippen LogP contribution in [-0.4, -0.2) is 11.4 Å². The molecule has 2 nitrogen and oxygen atoms in total. The van der Waals surface area contributed by atoms with Crippen LogP contribution < -0.4 is 0 Å². The number of phenolic OH excluding ortho intramolecular Hbond substituents is 1. The fourth-order valence-electron chi connectivity index (χ4n) is 1.53. The molecule has 1 aromatic carbocycles. The molecule has 0 aromatic heterocycles. The van der Waals surface area contributed by atoms with E-state index in [1.165, 1.54) is 0 Å². The molecule has 0 fully saturated rings. The van der Waals surface area contributed by atoms with Crippen LogP contribution in [0.15, 0.2) is 0 Å². The minimum Gasteiger partial charge on any atom is -0.507 e. The highest BCUT2D eigenvalue weighted by Gasteiger charge is 2.12. The summed E-state index contributed by atoms with van der Waals surface area (Å²) in [7, 11) is 0. The van der Waals surface area contributed by atoms with Gasteiger partial charge in [0, 0.05) is 11.1 Å². The van der Waals surface area contributed by atoms with Crippen molar-refractivity contribution in [3.8, 4) is 5.75 Å². The molecule has 1 aromatic rings. The standard InChI is InChI=1S/C11H14O2/c1-6-7(2)10(5-12)9(4)11(13)8(6)3/h5,13H,1-4H3. The predicted molar refractivity (Wildman–Crippen MR) is 52.4 cm³/mol. The van der Waals surface area contributed by atoms with Crippen LogP contribution in [0.4, 0.5) is 0 Å². The van der Waals surface area contributed by atoms with E-state index >= 15 is 0 Å². The maximum atomic E-state index is 10.8. The number of benzene rings is 1. The average molecular weight is 178 g/mol. The molecule has 0 atom stereocenters. The highest BCUT2D eigenvalue weighted by molar-refractivity contribution is 5.82. The van der Waals surface area contributed by atoms with Gasteiger partial charge in [-0.05, 0) is 44.4 Å². The fraction of sp³-hybridized carbons (Fsp3) is 0.364. The number of rotatable bonds is 1. The molecule has 0 spiro atoms. The number of hydrogen-bond acceptors (Lipinski definition) is 2. The maximum Gasteiger partial charge on any atom is 0.150 e. The van der Waals surface area contributed by atoms with Gasteiger partial charge < -0.3 is 5.11 Å². The smallest absolute Gasteiger partial charge is 0.150 e. The summed E-state index contributed by atoms with van der Waals surface area (Å²) < 4.78 is 0. The number of carbonyl (C=O) groups is 1. The van der Waals surface area contributed by atoms with Crippen molar-refractivity contribution in [2.75, 3.05) is 0 Å². The Bertz CT molecular complexity index is 336. The molecular formula is C11H14O2. The van der Waals surface area contributed by atoms with Crippen LogP contribution in [0.5, 0.6) is 5.75 Å². The minimum atomic E-state index is 0.241. The van der Waals surface area contributed by atoms with E-state index in [1.54, 1.807) is 6.92 Å². The zero-order chi connectivity index (χ0) is 10.2. The minimum absolute atomic E-state index is 0.241. The average Bonchev–Trinajstić information content (AvgIpc) is 2.13. The van der Waals surface area contributed by atoms with Gasteiger partial charge in [0.1, 0.15) is 5.75 Å². The van der Waals surface area contributed by atoms with Crippen molar-refractivity contribution in [3.63, 3.8) is 0 Å². The lowest BCUT2D eigenvalue weighted by Gasteiger charge is -2.13. The Morgan fingerprint density at radius 3 is 1.92 bits per heavy atom. The van der Waals surface area contributed by atoms with E-state index in [0.29, 0.717) is 11.1 Å². The number of aldehydes is 1. The number of phenols is 1. The molecule has 70 valence electrons. The van der Waals surface area contributed by atoms with Gasteiger partial charge in [-0.1, -0.05) is 0 Å². The zero-order valence-corrected chi connectivity index (χ0v) is 8.43. The molecule has 0 aliphatic carbocycles. The van der Waals surface area contributed by atoms with Gasteiger partial charge in [0.25, 0.3) is 0 Å². The first-order chi connectivity index (χ1) is 6.00. The Hall–Kier alpha value is -1.31. The Morgan fingerprint density at radius 2 is 1.46 bits per heavy atom. The molecule has 0 radical (unpaired) electrons. The Morgan fingerprint density at radius 1 is 0.923 bits per heavy atom. The lowest BCUT2D eigenvalue weighted by Crippen LogP contribution is -1.98. The first-order valence-electron chi connectivity index (χ1n) is 4.25. The van der Waals surface area contributed by atoms with Gasteiger partial charge in [0.15, 0.2) is 6.29 Å². The van der Waals surface area contributed by atoms with Gasteiger partial charge in [0.05, 0.1) is 0 Å². The lowest BCUT2D eigenvalue weighted by atomic mass is 9.94. The van der Waals surface area contributed by atoms with Crippen molar-refractivity contribution in [3.05, 3.63) is 27.8 Å². The van der Waals surface area contributed by atoms with Gasteiger partial charge >= 0.3 is 0 Å². The second-order valence-corrected chi connectivity index (χ2v) is 3.38. The van der Waals surface area contributed by atoms with Crippen molar-refractivity contribution >= 4 is 6.29 Å². The first-order valence-corrected chi connectivity index (χ1v) is 4.25. The van der Waals surface area contributed by atoms with Gasteiger partial charge in [-0.2, -0.15) is 0 Å². The number of aromatic hydroxyl groups is 1. The van der Waals surface area contributed by atoms with Crippen LogP contribution in [-0.2, 0) is 0 Å². The van der Waals surface area contributed by atoms with Gasteiger partial charge in [-0.25, -0.2) is 0 Å². The van der Waals surface area contributed by atoms with E-state index in [9.17, 15) is 9.90 Å². The Balaban J connectivity index is 3.66. The maximum absolute atomic E-state index is 10.8. The molecule has 1 rings (SSSR count). The van der Waals surface area contributed by atoms with E-state index in [-0.39, 0.29) is 5.75 Å². The van der Waals surface area contributed by atoms with E-state index in [1.807, 2.05) is 20.8 Å². The summed E-state index contributed by atoms with van der Waals surface area (Å²) in [6.45, 7) is 7.44. The Kier molecular flexibility index (Phi) is 2.41. The highest BCUT2D eigenvalue weighted by atomic mass is 16.3. The summed E-state index contributed by atoms with van der Waals surface area (Å²) in [5.41, 5.74) is 4.10. The largest absolute Gasteiger partial charge is 0.507 e. The summed E-state index contributed by atoms with van der Waals surface area (Å²) in [6.07, 6.45) is 0.802. The summed E-state index contributed by atoms with van der Waals surface area (Å²) in [5.74, 6) is 0.241. The third-order valence-electron chi connectivity index (χ3n) is 2.76. The lowest BCUT2D eigenvalue weighted by molar-refractivity contribution is 0.112. The fourth-order valence-corrected chi connectivity index (χ4v) is 1.53. The number of carbonyl (C=O) groups excluding carboxylic acids is 1. The van der Waals surface area contributed by atoms with Crippen LogP contribution in [0.1, 0.15) is 32.6 Å². The molecular weight excluding hydrogens is 164 g/mol. The van der Waals surface area contributed by atoms with Crippen molar-refractivity contribution < 1.29 is 9.90 Å². The van der Waals surface area contributed by atoms with Crippen molar-refractivity contribution in [2.45, 2.75) is 27.7 Å². The normalized spacial score (nSPS) is 10.2. The molecule has 2 heteroatoms. The zero-order valence-electron chi connectivity index (χ0n) is 8.43. The van der Waals surface area contributed by atoms with E-state index in [0.717, 1.165) is 23.0 Å². The van der Waals surface area contributed by atoms with Gasteiger partial charge in [-0.15, -0.1) is 0 Å². The Labute approximate surface area is 78.2 Å². The molecule has 1 N–H and O–H groups in total. The molecule has 0 saturated carbocycles. The summed E-state index contributed by atoms with van der Waals surface area (Å²) in [6, 6.07) is 0. The third kappa shape index (κ3) is 1.32. The second-order valence-electron chi connectivity index (χ2n) is 3.38. The molecule has 0 amide bonds. The summed E-state index contributed by atoms with van der Waals surface area (Å²) >= 11 is 0. The van der Waals surface area contributed by atoms with Gasteiger partial charge in [0.2, 0.25) is 0 Å². The van der Waals surface area contributed by atoms with Crippen LogP contribution >= 0.6 is 0 Å². The first kappa shape index (κ1) is 9.78. The molecule has 0 aliphatic heterocycles. The highest BCUT2D eigenvalue weighted by Crippen LogP contribution is 2.30. The molecule has 0 saturated heterocycles. The van der Waals surface area contributed by atoms with Crippen LogP contribution in [0.2, 0.25) is 0 Å². The topological polar surface area (TPSA) is 37.3 Å². The van der Waals surface area contributed by atoms with Crippen molar-refractivity contribution in [1.82, 2.24) is 0 Å². The molecule has 0 unspecified atom stereocenters. The summed E-state index contributed by atoms with van der Waals surface area (Å²) in [4.78, 5) is 10.8. The second kappa shape index (κ2) is 3.21. The third-order valence-corrected chi connectivity index (χ3v) is 2.76. The molecule has 0 heterocycles. The molecule has 0 aliphatic rings. The molecule has 0 bridgehead atoms.